The van der Waals surface area contributed by atoms with E-state index in [0.717, 1.165) is 55.9 Å². The Morgan fingerprint density at radius 2 is 2.04 bits per heavy atom. The number of fused-ring (bicyclic) bond motifs is 1. The van der Waals surface area contributed by atoms with Crippen molar-refractivity contribution in [2.75, 3.05) is 37.8 Å². The average molecular weight is 316 g/mol. The summed E-state index contributed by atoms with van der Waals surface area (Å²) in [6, 6.07) is 7.23. The highest BCUT2D eigenvalue weighted by molar-refractivity contribution is 5.92. The Kier molecular flexibility index (Phi) is 3.70. The lowest BCUT2D eigenvalue weighted by Gasteiger charge is -2.45. The molecule has 0 N–H and O–H groups in total. The third-order valence-electron chi connectivity index (χ3n) is 4.89. The van der Waals surface area contributed by atoms with Crippen LogP contribution in [0.5, 0.6) is 0 Å². The van der Waals surface area contributed by atoms with Crippen molar-refractivity contribution in [3.63, 3.8) is 0 Å². The second-order valence-electron chi connectivity index (χ2n) is 6.48. The lowest BCUT2D eigenvalue weighted by molar-refractivity contribution is -0.116. The van der Waals surface area contributed by atoms with Gasteiger partial charge in [-0.3, -0.25) is 0 Å². The van der Waals surface area contributed by atoms with Gasteiger partial charge in [0.15, 0.2) is 0 Å². The SMILES string of the molecule is Cc1cc(N2CCOC3(CCOCC3)C2)c2cccc(F)c2n1. The van der Waals surface area contributed by atoms with Crippen molar-refractivity contribution < 1.29 is 13.9 Å². The predicted octanol–water partition coefficient (Wildman–Crippen LogP) is 3.07. The first-order chi connectivity index (χ1) is 11.2. The van der Waals surface area contributed by atoms with Crippen molar-refractivity contribution in [1.29, 1.82) is 0 Å². The van der Waals surface area contributed by atoms with Gasteiger partial charge in [0.2, 0.25) is 0 Å². The summed E-state index contributed by atoms with van der Waals surface area (Å²) < 4.78 is 25.7. The first-order valence-electron chi connectivity index (χ1n) is 8.19. The first kappa shape index (κ1) is 14.8. The molecule has 0 bridgehead atoms. The number of hydrogen-bond acceptors (Lipinski definition) is 4. The van der Waals surface area contributed by atoms with E-state index in [-0.39, 0.29) is 11.4 Å². The molecule has 0 radical (unpaired) electrons. The number of nitrogens with zero attached hydrogens (tertiary/aromatic N) is 2. The molecule has 0 amide bonds. The Bertz CT molecular complexity index is 723. The van der Waals surface area contributed by atoms with E-state index in [4.69, 9.17) is 9.47 Å². The van der Waals surface area contributed by atoms with Crippen LogP contribution >= 0.6 is 0 Å². The molecule has 2 aliphatic rings. The Labute approximate surface area is 135 Å². The van der Waals surface area contributed by atoms with Crippen LogP contribution in [-0.2, 0) is 9.47 Å². The molecule has 2 fully saturated rings. The third kappa shape index (κ3) is 2.68. The lowest BCUT2D eigenvalue weighted by atomic mass is 9.91. The van der Waals surface area contributed by atoms with E-state index in [1.165, 1.54) is 6.07 Å². The maximum absolute atomic E-state index is 14.1. The number of halogens is 1. The molecule has 23 heavy (non-hydrogen) atoms. The summed E-state index contributed by atoms with van der Waals surface area (Å²) in [5.41, 5.74) is 2.22. The van der Waals surface area contributed by atoms with Gasteiger partial charge in [-0.05, 0) is 19.1 Å². The van der Waals surface area contributed by atoms with Crippen molar-refractivity contribution >= 4 is 16.6 Å². The molecular formula is C18H21FN2O2. The van der Waals surface area contributed by atoms with Crippen LogP contribution in [0.15, 0.2) is 24.3 Å². The molecule has 4 nitrogen and oxygen atoms in total. The third-order valence-corrected chi connectivity index (χ3v) is 4.89. The molecule has 0 saturated carbocycles. The van der Waals surface area contributed by atoms with Gasteiger partial charge in [0.05, 0.1) is 12.2 Å². The van der Waals surface area contributed by atoms with Gasteiger partial charge in [0.1, 0.15) is 11.3 Å². The smallest absolute Gasteiger partial charge is 0.149 e. The maximum Gasteiger partial charge on any atom is 0.149 e. The van der Waals surface area contributed by atoms with E-state index in [9.17, 15) is 4.39 Å². The molecule has 1 aromatic heterocycles. The van der Waals surface area contributed by atoms with Gasteiger partial charge in [0.25, 0.3) is 0 Å². The summed E-state index contributed by atoms with van der Waals surface area (Å²) in [4.78, 5) is 6.71. The van der Waals surface area contributed by atoms with E-state index < -0.39 is 0 Å². The van der Waals surface area contributed by atoms with Crippen molar-refractivity contribution in [2.45, 2.75) is 25.4 Å². The van der Waals surface area contributed by atoms with Gasteiger partial charge in [-0.2, -0.15) is 0 Å². The van der Waals surface area contributed by atoms with Crippen molar-refractivity contribution in [1.82, 2.24) is 4.98 Å². The van der Waals surface area contributed by atoms with Gasteiger partial charge in [-0.1, -0.05) is 12.1 Å². The predicted molar refractivity (Wildman–Crippen MR) is 87.4 cm³/mol. The van der Waals surface area contributed by atoms with Crippen LogP contribution in [0.3, 0.4) is 0 Å². The second-order valence-corrected chi connectivity index (χ2v) is 6.48. The minimum Gasteiger partial charge on any atom is -0.381 e. The van der Waals surface area contributed by atoms with E-state index in [0.29, 0.717) is 12.1 Å². The monoisotopic (exact) mass is 316 g/mol. The zero-order chi connectivity index (χ0) is 15.9. The topological polar surface area (TPSA) is 34.6 Å². The molecule has 1 spiro atoms. The molecule has 0 atom stereocenters. The zero-order valence-corrected chi connectivity index (χ0v) is 13.3. The number of ether oxygens (including phenoxy) is 2. The number of aryl methyl sites for hydroxylation is 1. The summed E-state index contributed by atoms with van der Waals surface area (Å²) in [5.74, 6) is -0.263. The molecule has 0 aliphatic carbocycles. The highest BCUT2D eigenvalue weighted by Gasteiger charge is 2.38. The minimum atomic E-state index is -0.263. The Balaban J connectivity index is 1.75. The number of para-hydroxylation sites is 1. The van der Waals surface area contributed by atoms with Crippen molar-refractivity contribution in [2.24, 2.45) is 0 Å². The average Bonchev–Trinajstić information content (AvgIpc) is 2.56. The molecular weight excluding hydrogens is 295 g/mol. The van der Waals surface area contributed by atoms with Gasteiger partial charge >= 0.3 is 0 Å². The van der Waals surface area contributed by atoms with Gasteiger partial charge in [-0.25, -0.2) is 9.37 Å². The number of pyridine rings is 1. The molecule has 2 saturated heterocycles. The fraction of sp³-hybridized carbons (Fsp3) is 0.500. The highest BCUT2D eigenvalue weighted by atomic mass is 19.1. The molecule has 3 heterocycles. The van der Waals surface area contributed by atoms with Gasteiger partial charge in [-0.15, -0.1) is 0 Å². The lowest BCUT2D eigenvalue weighted by Crippen LogP contribution is -2.54. The Morgan fingerprint density at radius 1 is 1.22 bits per heavy atom. The summed E-state index contributed by atoms with van der Waals surface area (Å²) in [6.45, 7) is 5.75. The standard InChI is InChI=1S/C18H21FN2O2/c1-13-11-16(14-3-2-4-15(19)17(14)20-13)21-7-10-23-18(12-21)5-8-22-9-6-18/h2-4,11H,5-10,12H2,1H3. The Morgan fingerprint density at radius 3 is 2.87 bits per heavy atom. The molecule has 2 aliphatic heterocycles. The number of anilines is 1. The summed E-state index contributed by atoms with van der Waals surface area (Å²) in [5, 5.41) is 0.875. The summed E-state index contributed by atoms with van der Waals surface area (Å²) >= 11 is 0. The van der Waals surface area contributed by atoms with Crippen LogP contribution in [0.25, 0.3) is 10.9 Å². The second kappa shape index (κ2) is 5.73. The maximum atomic E-state index is 14.1. The number of hydrogen-bond donors (Lipinski definition) is 0. The van der Waals surface area contributed by atoms with Crippen LogP contribution in [-0.4, -0.2) is 43.5 Å². The van der Waals surface area contributed by atoms with Crippen LogP contribution in [0.1, 0.15) is 18.5 Å². The number of benzene rings is 1. The molecule has 5 heteroatoms. The normalized spacial score (nSPS) is 21.0. The fourth-order valence-corrected chi connectivity index (χ4v) is 3.68. The largest absolute Gasteiger partial charge is 0.381 e. The van der Waals surface area contributed by atoms with Crippen LogP contribution < -0.4 is 4.90 Å². The molecule has 122 valence electrons. The number of aromatic nitrogens is 1. The fourth-order valence-electron chi connectivity index (χ4n) is 3.68. The van der Waals surface area contributed by atoms with Gasteiger partial charge in [0, 0.05) is 55.9 Å². The van der Waals surface area contributed by atoms with Crippen LogP contribution in [0.4, 0.5) is 10.1 Å². The molecule has 4 rings (SSSR count). The number of rotatable bonds is 1. The Hall–Kier alpha value is -1.72. The molecule has 2 aromatic rings. The van der Waals surface area contributed by atoms with Crippen LogP contribution in [0, 0.1) is 12.7 Å². The highest BCUT2D eigenvalue weighted by Crippen LogP contribution is 2.35. The van der Waals surface area contributed by atoms with E-state index in [1.54, 1.807) is 6.07 Å². The summed E-state index contributed by atoms with van der Waals surface area (Å²) in [6.07, 6.45) is 1.83. The van der Waals surface area contributed by atoms with Crippen LogP contribution in [0.2, 0.25) is 0 Å². The summed E-state index contributed by atoms with van der Waals surface area (Å²) in [7, 11) is 0. The number of morpholine rings is 1. The molecule has 0 unspecified atom stereocenters. The van der Waals surface area contributed by atoms with E-state index >= 15 is 0 Å². The minimum absolute atomic E-state index is 0.132. The van der Waals surface area contributed by atoms with E-state index in [1.807, 2.05) is 13.0 Å². The van der Waals surface area contributed by atoms with Gasteiger partial charge < -0.3 is 14.4 Å². The van der Waals surface area contributed by atoms with Crippen molar-refractivity contribution in [3.8, 4) is 0 Å². The zero-order valence-electron chi connectivity index (χ0n) is 13.3. The van der Waals surface area contributed by atoms with E-state index in [2.05, 4.69) is 16.0 Å². The quantitative estimate of drug-likeness (QED) is 0.810. The first-order valence-corrected chi connectivity index (χ1v) is 8.19. The molecule has 1 aromatic carbocycles. The van der Waals surface area contributed by atoms with Crippen molar-refractivity contribution in [3.05, 3.63) is 35.8 Å².